The fourth-order valence-electron chi connectivity index (χ4n) is 1.42. The minimum absolute atomic E-state index is 0.192. The number of rotatable bonds is 2. The molecule has 6 heteroatoms. The Labute approximate surface area is 117 Å². The van der Waals surface area contributed by atoms with Crippen molar-refractivity contribution in [2.75, 3.05) is 5.32 Å². The highest BCUT2D eigenvalue weighted by Gasteiger charge is 2.07. The van der Waals surface area contributed by atoms with E-state index in [1.807, 2.05) is 35.6 Å². The number of aromatic amines is 1. The van der Waals surface area contributed by atoms with Crippen LogP contribution in [0.25, 0.3) is 0 Å². The van der Waals surface area contributed by atoms with E-state index < -0.39 is 0 Å². The molecular formula is C12H9IN4O. The SMILES string of the molecule is Cc1ccc(C#N)cc1Nc1nc[nH]c(=O)c1I. The van der Waals surface area contributed by atoms with Crippen LogP contribution in [0.5, 0.6) is 0 Å². The van der Waals surface area contributed by atoms with Crippen LogP contribution in [0.1, 0.15) is 11.1 Å². The summed E-state index contributed by atoms with van der Waals surface area (Å²) >= 11 is 1.93. The topological polar surface area (TPSA) is 81.6 Å². The van der Waals surface area contributed by atoms with Gasteiger partial charge < -0.3 is 10.3 Å². The highest BCUT2D eigenvalue weighted by molar-refractivity contribution is 14.1. The zero-order chi connectivity index (χ0) is 13.1. The summed E-state index contributed by atoms with van der Waals surface area (Å²) in [6.07, 6.45) is 1.34. The fourth-order valence-corrected chi connectivity index (χ4v) is 1.85. The van der Waals surface area contributed by atoms with Crippen molar-refractivity contribution >= 4 is 34.1 Å². The molecule has 2 N–H and O–H groups in total. The van der Waals surface area contributed by atoms with E-state index >= 15 is 0 Å². The van der Waals surface area contributed by atoms with Crippen molar-refractivity contribution in [1.29, 1.82) is 5.26 Å². The van der Waals surface area contributed by atoms with Crippen molar-refractivity contribution in [2.45, 2.75) is 6.92 Å². The zero-order valence-electron chi connectivity index (χ0n) is 9.49. The lowest BCUT2D eigenvalue weighted by Gasteiger charge is -2.09. The molecule has 0 fully saturated rings. The van der Waals surface area contributed by atoms with E-state index in [2.05, 4.69) is 21.4 Å². The number of aryl methyl sites for hydroxylation is 1. The Hall–Kier alpha value is -1.88. The lowest BCUT2D eigenvalue weighted by molar-refractivity contribution is 1.10. The number of anilines is 2. The highest BCUT2D eigenvalue weighted by Crippen LogP contribution is 2.21. The Morgan fingerprint density at radius 1 is 1.50 bits per heavy atom. The summed E-state index contributed by atoms with van der Waals surface area (Å²) in [5.74, 6) is 0.484. The molecule has 0 bridgehead atoms. The van der Waals surface area contributed by atoms with E-state index in [0.29, 0.717) is 15.0 Å². The maximum atomic E-state index is 11.4. The molecule has 2 aromatic rings. The normalized spacial score (nSPS) is 9.83. The Morgan fingerprint density at radius 2 is 2.28 bits per heavy atom. The molecule has 1 aromatic heterocycles. The molecule has 0 unspecified atom stereocenters. The summed E-state index contributed by atoms with van der Waals surface area (Å²) in [6, 6.07) is 7.40. The number of nitrogens with zero attached hydrogens (tertiary/aromatic N) is 2. The molecule has 5 nitrogen and oxygen atoms in total. The summed E-state index contributed by atoms with van der Waals surface area (Å²) in [5.41, 5.74) is 2.11. The number of nitriles is 1. The zero-order valence-corrected chi connectivity index (χ0v) is 11.6. The first-order valence-electron chi connectivity index (χ1n) is 5.13. The van der Waals surface area contributed by atoms with Crippen molar-refractivity contribution in [3.8, 4) is 6.07 Å². The Bertz CT molecular complexity index is 687. The van der Waals surface area contributed by atoms with Gasteiger partial charge in [-0.3, -0.25) is 4.79 Å². The van der Waals surface area contributed by atoms with Crippen LogP contribution in [0.2, 0.25) is 0 Å². The van der Waals surface area contributed by atoms with Gasteiger partial charge in [-0.25, -0.2) is 4.98 Å². The fraction of sp³-hybridized carbons (Fsp3) is 0.0833. The molecule has 1 heterocycles. The van der Waals surface area contributed by atoms with Gasteiger partial charge in [0.1, 0.15) is 3.57 Å². The molecule has 0 saturated carbocycles. The van der Waals surface area contributed by atoms with Crippen molar-refractivity contribution in [3.05, 3.63) is 49.6 Å². The maximum absolute atomic E-state index is 11.4. The lowest BCUT2D eigenvalue weighted by atomic mass is 10.1. The molecule has 1 aromatic carbocycles. The second-order valence-electron chi connectivity index (χ2n) is 3.66. The third-order valence-electron chi connectivity index (χ3n) is 2.42. The van der Waals surface area contributed by atoms with Gasteiger partial charge in [0.15, 0.2) is 5.82 Å². The first-order valence-corrected chi connectivity index (χ1v) is 6.20. The van der Waals surface area contributed by atoms with Crippen LogP contribution >= 0.6 is 22.6 Å². The summed E-state index contributed by atoms with van der Waals surface area (Å²) in [6.45, 7) is 1.92. The predicted octanol–water partition coefficient (Wildman–Crippen LogP) is 2.30. The van der Waals surface area contributed by atoms with Gasteiger partial charge in [0.25, 0.3) is 5.56 Å². The third-order valence-corrected chi connectivity index (χ3v) is 3.42. The molecule has 90 valence electrons. The van der Waals surface area contributed by atoms with Crippen molar-refractivity contribution in [3.63, 3.8) is 0 Å². The first-order chi connectivity index (χ1) is 8.61. The van der Waals surface area contributed by atoms with Gasteiger partial charge in [-0.2, -0.15) is 5.26 Å². The molecule has 0 saturated heterocycles. The molecule has 0 spiro atoms. The smallest absolute Gasteiger partial charge is 0.266 e. The van der Waals surface area contributed by atoms with Crippen molar-refractivity contribution in [1.82, 2.24) is 9.97 Å². The highest BCUT2D eigenvalue weighted by atomic mass is 127. The summed E-state index contributed by atoms with van der Waals surface area (Å²) in [5, 5.41) is 11.9. The number of H-pyrrole nitrogens is 1. The number of aromatic nitrogens is 2. The van der Waals surface area contributed by atoms with Crippen molar-refractivity contribution in [2.24, 2.45) is 0 Å². The largest absolute Gasteiger partial charge is 0.339 e. The molecule has 0 atom stereocenters. The average molecular weight is 352 g/mol. The second-order valence-corrected chi connectivity index (χ2v) is 4.74. The maximum Gasteiger partial charge on any atom is 0.266 e. The van der Waals surface area contributed by atoms with Crippen LogP contribution in [0.15, 0.2) is 29.3 Å². The van der Waals surface area contributed by atoms with Crippen molar-refractivity contribution < 1.29 is 0 Å². The van der Waals surface area contributed by atoms with Crippen LogP contribution in [0, 0.1) is 21.8 Å². The molecule has 0 aliphatic heterocycles. The number of hydrogen-bond acceptors (Lipinski definition) is 4. The van der Waals surface area contributed by atoms with Gasteiger partial charge in [0, 0.05) is 5.69 Å². The predicted molar refractivity (Wildman–Crippen MR) is 76.8 cm³/mol. The van der Waals surface area contributed by atoms with Crippen LogP contribution in [-0.4, -0.2) is 9.97 Å². The van der Waals surface area contributed by atoms with Crippen LogP contribution in [0.3, 0.4) is 0 Å². The molecule has 18 heavy (non-hydrogen) atoms. The van der Waals surface area contributed by atoms with E-state index in [1.165, 1.54) is 6.33 Å². The van der Waals surface area contributed by atoms with Gasteiger partial charge in [-0.05, 0) is 47.2 Å². The quantitative estimate of drug-likeness (QED) is 0.813. The first kappa shape index (κ1) is 12.6. The number of halogens is 1. The van der Waals surface area contributed by atoms with E-state index in [4.69, 9.17) is 5.26 Å². The Kier molecular flexibility index (Phi) is 3.62. The van der Waals surface area contributed by atoms with Gasteiger partial charge in [-0.15, -0.1) is 0 Å². The van der Waals surface area contributed by atoms with Gasteiger partial charge >= 0.3 is 0 Å². The summed E-state index contributed by atoms with van der Waals surface area (Å²) in [4.78, 5) is 18.0. The molecule has 0 amide bonds. The molecule has 2 rings (SSSR count). The molecule has 0 aliphatic rings. The molecule has 0 aliphatic carbocycles. The molecular weight excluding hydrogens is 343 g/mol. The Balaban J connectivity index is 2.43. The van der Waals surface area contributed by atoms with Gasteiger partial charge in [0.2, 0.25) is 0 Å². The van der Waals surface area contributed by atoms with Crippen LogP contribution in [0.4, 0.5) is 11.5 Å². The van der Waals surface area contributed by atoms with E-state index in [-0.39, 0.29) is 5.56 Å². The summed E-state index contributed by atoms with van der Waals surface area (Å²) in [7, 11) is 0. The second kappa shape index (κ2) is 5.18. The summed E-state index contributed by atoms with van der Waals surface area (Å²) < 4.78 is 0.483. The monoisotopic (exact) mass is 352 g/mol. The standard InChI is InChI=1S/C12H9IN4O/c1-7-2-3-8(5-14)4-9(7)17-11-10(13)12(18)16-6-15-11/h2-4,6H,1H3,(H2,15,16,17,18). The number of hydrogen-bond donors (Lipinski definition) is 2. The average Bonchev–Trinajstić information content (AvgIpc) is 2.37. The van der Waals surface area contributed by atoms with Crippen LogP contribution < -0.4 is 10.9 Å². The Morgan fingerprint density at radius 3 is 3.00 bits per heavy atom. The minimum Gasteiger partial charge on any atom is -0.339 e. The minimum atomic E-state index is -0.192. The number of benzene rings is 1. The van der Waals surface area contributed by atoms with Gasteiger partial charge in [0.05, 0.1) is 18.0 Å². The lowest BCUT2D eigenvalue weighted by Crippen LogP contribution is -2.13. The van der Waals surface area contributed by atoms with Gasteiger partial charge in [-0.1, -0.05) is 6.07 Å². The van der Waals surface area contributed by atoms with Crippen LogP contribution in [-0.2, 0) is 0 Å². The van der Waals surface area contributed by atoms with E-state index in [9.17, 15) is 4.79 Å². The third kappa shape index (κ3) is 2.51. The molecule has 0 radical (unpaired) electrons. The van der Waals surface area contributed by atoms with E-state index in [1.54, 1.807) is 12.1 Å². The number of nitrogens with one attached hydrogen (secondary N) is 2. The van der Waals surface area contributed by atoms with E-state index in [0.717, 1.165) is 11.3 Å².